The van der Waals surface area contributed by atoms with Crippen LogP contribution in [0, 0.1) is 25.2 Å². The quantitative estimate of drug-likeness (QED) is 0.825. The van der Waals surface area contributed by atoms with Crippen LogP contribution in [0.5, 0.6) is 5.88 Å². The average molecular weight is 238 g/mol. The van der Waals surface area contributed by atoms with Gasteiger partial charge < -0.3 is 4.74 Å². The normalized spacial score (nSPS) is 9.83. The van der Waals surface area contributed by atoms with E-state index in [2.05, 4.69) is 11.1 Å². The van der Waals surface area contributed by atoms with Gasteiger partial charge >= 0.3 is 0 Å². The first kappa shape index (κ1) is 12.1. The number of aryl methyl sites for hydroxylation is 2. The maximum absolute atomic E-state index is 9.12. The maximum atomic E-state index is 9.12. The number of ether oxygens (including phenoxy) is 1. The number of hydrogen-bond acceptors (Lipinski definition) is 3. The van der Waals surface area contributed by atoms with Gasteiger partial charge in [-0.15, -0.1) is 0 Å². The number of aromatic nitrogens is 1. The molecule has 18 heavy (non-hydrogen) atoms. The molecule has 1 aromatic heterocycles. The van der Waals surface area contributed by atoms with Gasteiger partial charge in [0.25, 0.3) is 0 Å². The Morgan fingerprint density at radius 1 is 1.22 bits per heavy atom. The molecule has 0 radical (unpaired) electrons. The van der Waals surface area contributed by atoms with E-state index in [1.165, 1.54) is 0 Å². The van der Waals surface area contributed by atoms with Crippen LogP contribution in [0.1, 0.15) is 22.4 Å². The summed E-state index contributed by atoms with van der Waals surface area (Å²) in [6.07, 6.45) is 0. The van der Waals surface area contributed by atoms with Crippen LogP contribution >= 0.6 is 0 Å². The molecule has 2 rings (SSSR count). The van der Waals surface area contributed by atoms with Gasteiger partial charge in [-0.25, -0.2) is 4.98 Å². The van der Waals surface area contributed by atoms with E-state index in [1.54, 1.807) is 0 Å². The number of pyridine rings is 1. The van der Waals surface area contributed by atoms with Crippen molar-refractivity contribution >= 4 is 0 Å². The number of nitriles is 1. The lowest BCUT2D eigenvalue weighted by Gasteiger charge is -2.09. The summed E-state index contributed by atoms with van der Waals surface area (Å²) < 4.78 is 5.64. The molecule has 0 saturated carbocycles. The van der Waals surface area contributed by atoms with Crippen molar-refractivity contribution in [3.63, 3.8) is 0 Å². The van der Waals surface area contributed by atoms with Crippen LogP contribution in [0.4, 0.5) is 0 Å². The summed E-state index contributed by atoms with van der Waals surface area (Å²) in [4.78, 5) is 4.28. The van der Waals surface area contributed by atoms with Crippen molar-refractivity contribution in [2.24, 2.45) is 0 Å². The van der Waals surface area contributed by atoms with Gasteiger partial charge in [0, 0.05) is 5.69 Å². The van der Waals surface area contributed by atoms with Crippen LogP contribution in [-0.2, 0) is 6.61 Å². The lowest BCUT2D eigenvalue weighted by atomic mass is 10.1. The Hall–Kier alpha value is -2.34. The second-order valence-electron chi connectivity index (χ2n) is 4.15. The standard InChI is InChI=1S/C15H14N2O/c1-11-8-12(2)17-15(14(11)9-16)18-10-13-6-4-3-5-7-13/h3-8H,10H2,1-2H3. The van der Waals surface area contributed by atoms with E-state index >= 15 is 0 Å². The first-order chi connectivity index (χ1) is 8.70. The zero-order valence-electron chi connectivity index (χ0n) is 10.5. The molecule has 0 N–H and O–H groups in total. The fourth-order valence-electron chi connectivity index (χ4n) is 1.77. The van der Waals surface area contributed by atoms with Gasteiger partial charge in [-0.1, -0.05) is 30.3 Å². The average Bonchev–Trinajstić information content (AvgIpc) is 2.37. The number of benzene rings is 1. The van der Waals surface area contributed by atoms with Gasteiger partial charge in [-0.3, -0.25) is 0 Å². The summed E-state index contributed by atoms with van der Waals surface area (Å²) in [5, 5.41) is 9.12. The Balaban J connectivity index is 2.22. The van der Waals surface area contributed by atoms with Crippen molar-refractivity contribution in [1.82, 2.24) is 4.98 Å². The van der Waals surface area contributed by atoms with Crippen LogP contribution in [0.25, 0.3) is 0 Å². The SMILES string of the molecule is Cc1cc(C)c(C#N)c(OCc2ccccc2)n1. The molecule has 1 heterocycles. The van der Waals surface area contributed by atoms with E-state index in [4.69, 9.17) is 10.00 Å². The molecule has 0 bridgehead atoms. The van der Waals surface area contributed by atoms with Crippen molar-refractivity contribution < 1.29 is 4.74 Å². The Morgan fingerprint density at radius 2 is 1.94 bits per heavy atom. The molecule has 0 unspecified atom stereocenters. The Kier molecular flexibility index (Phi) is 3.59. The molecule has 0 saturated heterocycles. The first-order valence-corrected chi connectivity index (χ1v) is 5.76. The van der Waals surface area contributed by atoms with Crippen molar-refractivity contribution in [3.8, 4) is 11.9 Å². The van der Waals surface area contributed by atoms with Crippen LogP contribution in [0.15, 0.2) is 36.4 Å². The van der Waals surface area contributed by atoms with Gasteiger partial charge in [0.05, 0.1) is 0 Å². The highest BCUT2D eigenvalue weighted by molar-refractivity contribution is 5.45. The zero-order chi connectivity index (χ0) is 13.0. The molecule has 0 amide bonds. The Morgan fingerprint density at radius 3 is 2.61 bits per heavy atom. The van der Waals surface area contributed by atoms with Gasteiger partial charge in [-0.2, -0.15) is 5.26 Å². The maximum Gasteiger partial charge on any atom is 0.232 e. The highest BCUT2D eigenvalue weighted by atomic mass is 16.5. The molecule has 0 aliphatic rings. The second kappa shape index (κ2) is 5.33. The highest BCUT2D eigenvalue weighted by Gasteiger charge is 2.09. The molecule has 0 aliphatic heterocycles. The molecule has 1 aromatic carbocycles. The van der Waals surface area contributed by atoms with E-state index in [0.29, 0.717) is 18.1 Å². The minimum Gasteiger partial charge on any atom is -0.472 e. The molecule has 0 spiro atoms. The van der Waals surface area contributed by atoms with Crippen LogP contribution < -0.4 is 4.74 Å². The molecule has 0 aliphatic carbocycles. The lowest BCUT2D eigenvalue weighted by molar-refractivity contribution is 0.292. The minimum absolute atomic E-state index is 0.416. The fraction of sp³-hybridized carbons (Fsp3) is 0.200. The molecular weight excluding hydrogens is 224 g/mol. The summed E-state index contributed by atoms with van der Waals surface area (Å²) in [6.45, 7) is 4.21. The third kappa shape index (κ3) is 2.67. The summed E-state index contributed by atoms with van der Waals surface area (Å²) >= 11 is 0. The third-order valence-corrected chi connectivity index (χ3v) is 2.64. The first-order valence-electron chi connectivity index (χ1n) is 5.76. The molecule has 3 nitrogen and oxygen atoms in total. The fourth-order valence-corrected chi connectivity index (χ4v) is 1.77. The topological polar surface area (TPSA) is 45.9 Å². The summed E-state index contributed by atoms with van der Waals surface area (Å²) in [7, 11) is 0. The summed E-state index contributed by atoms with van der Waals surface area (Å²) in [5.74, 6) is 0.416. The number of hydrogen-bond donors (Lipinski definition) is 0. The minimum atomic E-state index is 0.416. The van der Waals surface area contributed by atoms with E-state index in [0.717, 1.165) is 16.8 Å². The van der Waals surface area contributed by atoms with Crippen LogP contribution in [0.2, 0.25) is 0 Å². The Labute approximate surface area is 107 Å². The van der Waals surface area contributed by atoms with Crippen molar-refractivity contribution in [3.05, 3.63) is 58.8 Å². The van der Waals surface area contributed by atoms with Gasteiger partial charge in [-0.05, 0) is 31.0 Å². The lowest BCUT2D eigenvalue weighted by Crippen LogP contribution is -2.02. The van der Waals surface area contributed by atoms with Crippen molar-refractivity contribution in [1.29, 1.82) is 5.26 Å². The molecule has 0 fully saturated rings. The summed E-state index contributed by atoms with van der Waals surface area (Å²) in [6, 6.07) is 13.9. The molecule has 2 aromatic rings. The zero-order valence-corrected chi connectivity index (χ0v) is 10.5. The highest BCUT2D eigenvalue weighted by Crippen LogP contribution is 2.20. The van der Waals surface area contributed by atoms with E-state index in [1.807, 2.05) is 50.2 Å². The van der Waals surface area contributed by atoms with Crippen LogP contribution in [0.3, 0.4) is 0 Å². The van der Waals surface area contributed by atoms with Gasteiger partial charge in [0.1, 0.15) is 18.2 Å². The smallest absolute Gasteiger partial charge is 0.232 e. The predicted molar refractivity (Wildman–Crippen MR) is 69.2 cm³/mol. The van der Waals surface area contributed by atoms with Crippen molar-refractivity contribution in [2.45, 2.75) is 20.5 Å². The van der Waals surface area contributed by atoms with E-state index in [9.17, 15) is 0 Å². The summed E-state index contributed by atoms with van der Waals surface area (Å²) in [5.41, 5.74) is 3.32. The predicted octanol–water partition coefficient (Wildman–Crippen LogP) is 3.15. The Bertz CT molecular complexity index is 585. The van der Waals surface area contributed by atoms with Crippen LogP contribution in [-0.4, -0.2) is 4.98 Å². The molecule has 0 atom stereocenters. The van der Waals surface area contributed by atoms with Gasteiger partial charge in [0.2, 0.25) is 5.88 Å². The monoisotopic (exact) mass is 238 g/mol. The largest absolute Gasteiger partial charge is 0.472 e. The van der Waals surface area contributed by atoms with E-state index in [-0.39, 0.29) is 0 Å². The van der Waals surface area contributed by atoms with Crippen molar-refractivity contribution in [2.75, 3.05) is 0 Å². The third-order valence-electron chi connectivity index (χ3n) is 2.64. The second-order valence-corrected chi connectivity index (χ2v) is 4.15. The van der Waals surface area contributed by atoms with Gasteiger partial charge in [0.15, 0.2) is 0 Å². The molecule has 90 valence electrons. The molecule has 3 heteroatoms. The number of rotatable bonds is 3. The number of nitrogens with zero attached hydrogens (tertiary/aromatic N) is 2. The molecular formula is C15H14N2O. The van der Waals surface area contributed by atoms with E-state index < -0.39 is 0 Å².